The highest BCUT2D eigenvalue weighted by Crippen LogP contribution is 2.21. The largest absolute Gasteiger partial charge is 0.481 e. The molecular weight excluding hydrogens is 424 g/mol. The molecule has 0 aliphatic carbocycles. The van der Waals surface area contributed by atoms with Gasteiger partial charge in [0.05, 0.1) is 25.2 Å². The first-order chi connectivity index (χ1) is 15.8. The summed E-state index contributed by atoms with van der Waals surface area (Å²) in [6, 6.07) is 0. The second-order valence-corrected chi connectivity index (χ2v) is 8.94. The van der Waals surface area contributed by atoms with Crippen molar-refractivity contribution in [2.24, 2.45) is 5.41 Å². The maximum Gasteiger partial charge on any atom is 0.303 e. The average Bonchev–Trinajstić information content (AvgIpc) is 2.82. The predicted octanol–water partition coefficient (Wildman–Crippen LogP) is 4.40. The summed E-state index contributed by atoms with van der Waals surface area (Å²) in [6.07, 6.45) is 19.4. The molecule has 0 aromatic carbocycles. The van der Waals surface area contributed by atoms with E-state index in [1.54, 1.807) is 0 Å². The van der Waals surface area contributed by atoms with Gasteiger partial charge < -0.3 is 25.5 Å². The number of aliphatic hydroxyl groups is 4. The monoisotopic (exact) mass is 474 g/mol. The van der Waals surface area contributed by atoms with Gasteiger partial charge in [-0.2, -0.15) is 0 Å². The number of rotatable bonds is 22. The molecule has 196 valence electrons. The fourth-order valence-corrected chi connectivity index (χ4v) is 3.47. The number of hydrogen-bond donors (Lipinski definition) is 5. The van der Waals surface area contributed by atoms with Crippen molar-refractivity contribution in [3.63, 3.8) is 0 Å². The van der Waals surface area contributed by atoms with Crippen LogP contribution in [0, 0.1) is 5.41 Å². The quantitative estimate of drug-likeness (QED) is 0.116. The van der Waals surface area contributed by atoms with Crippen molar-refractivity contribution in [1.29, 1.82) is 0 Å². The van der Waals surface area contributed by atoms with Gasteiger partial charge in [-0.1, -0.05) is 103 Å². The minimum Gasteiger partial charge on any atom is -0.481 e. The van der Waals surface area contributed by atoms with E-state index < -0.39 is 43.1 Å². The third-order valence-electron chi connectivity index (χ3n) is 5.99. The Balaban J connectivity index is 0. The van der Waals surface area contributed by atoms with E-state index >= 15 is 0 Å². The molecule has 0 fully saturated rings. The molecule has 0 rings (SSSR count). The molecule has 0 saturated heterocycles. The maximum absolute atomic E-state index is 10.9. The van der Waals surface area contributed by atoms with E-state index in [1.165, 1.54) is 83.5 Å². The Kier molecular flexibility index (Phi) is 24.5. The Hall–Kier alpha value is -1.28. The van der Waals surface area contributed by atoms with Gasteiger partial charge in [0.1, 0.15) is 6.10 Å². The van der Waals surface area contributed by atoms with Crippen LogP contribution in [-0.2, 0) is 9.59 Å². The molecule has 7 nitrogen and oxygen atoms in total. The molecule has 0 aliphatic rings. The van der Waals surface area contributed by atoms with Crippen LogP contribution in [0.1, 0.15) is 110 Å². The summed E-state index contributed by atoms with van der Waals surface area (Å²) >= 11 is 0. The highest BCUT2D eigenvalue weighted by molar-refractivity contribution is 5.93. The van der Waals surface area contributed by atoms with Crippen LogP contribution in [-0.4, -0.2) is 63.2 Å². The standard InChI is InChI=1S/C18H36O2.C8H14O5/c1-2-3-4-5-6-7-8-9-10-11-12-13-14-15-16-17-18(19)20;1-2-6(12)7(13)8(3-9,4-10)5-11/h2-17H2,1H3,(H,19,20);2,7,9-11,13H,1,3-5H2. The Morgan fingerprint density at radius 2 is 1.06 bits per heavy atom. The number of carbonyl (C=O) groups excluding carboxylic acids is 1. The molecule has 0 heterocycles. The van der Waals surface area contributed by atoms with Gasteiger partial charge in [-0.15, -0.1) is 0 Å². The van der Waals surface area contributed by atoms with Crippen molar-refractivity contribution in [2.45, 2.75) is 116 Å². The topological polar surface area (TPSA) is 135 Å². The smallest absolute Gasteiger partial charge is 0.303 e. The molecule has 0 aromatic heterocycles. The van der Waals surface area contributed by atoms with Gasteiger partial charge >= 0.3 is 5.97 Å². The van der Waals surface area contributed by atoms with Crippen LogP contribution >= 0.6 is 0 Å². The van der Waals surface area contributed by atoms with Crippen LogP contribution in [0.4, 0.5) is 0 Å². The number of ketones is 1. The third kappa shape index (κ3) is 18.8. The first kappa shape index (κ1) is 33.9. The van der Waals surface area contributed by atoms with E-state index in [2.05, 4.69) is 13.5 Å². The summed E-state index contributed by atoms with van der Waals surface area (Å²) in [5, 5.41) is 44.3. The van der Waals surface area contributed by atoms with Gasteiger partial charge in [-0.3, -0.25) is 9.59 Å². The lowest BCUT2D eigenvalue weighted by Crippen LogP contribution is -2.48. The van der Waals surface area contributed by atoms with Crippen molar-refractivity contribution >= 4 is 11.8 Å². The van der Waals surface area contributed by atoms with E-state index in [9.17, 15) is 14.7 Å². The molecule has 0 amide bonds. The lowest BCUT2D eigenvalue weighted by molar-refractivity contribution is -0.139. The molecule has 0 saturated carbocycles. The summed E-state index contributed by atoms with van der Waals surface area (Å²) in [5.41, 5.74) is -1.59. The SMILES string of the molecule is C=CC(=O)C(O)C(CO)(CO)CO.CCCCCCCCCCCCCCCCCC(=O)O. The maximum atomic E-state index is 10.9. The first-order valence-corrected chi connectivity index (χ1v) is 12.7. The number of carboxylic acid groups (broad SMARTS) is 1. The molecular formula is C26H50O7. The van der Waals surface area contributed by atoms with Crippen LogP contribution < -0.4 is 0 Å². The summed E-state index contributed by atoms with van der Waals surface area (Å²) in [7, 11) is 0. The summed E-state index contributed by atoms with van der Waals surface area (Å²) < 4.78 is 0. The zero-order valence-electron chi connectivity index (χ0n) is 20.8. The molecule has 0 spiro atoms. The highest BCUT2D eigenvalue weighted by Gasteiger charge is 2.39. The molecule has 0 aliphatic heterocycles. The Labute approximate surface area is 200 Å². The van der Waals surface area contributed by atoms with Gasteiger partial charge in [0.2, 0.25) is 0 Å². The fourth-order valence-electron chi connectivity index (χ4n) is 3.47. The Morgan fingerprint density at radius 3 is 1.33 bits per heavy atom. The predicted molar refractivity (Wildman–Crippen MR) is 132 cm³/mol. The van der Waals surface area contributed by atoms with Crippen LogP contribution in [0.3, 0.4) is 0 Å². The Morgan fingerprint density at radius 1 is 0.727 bits per heavy atom. The first-order valence-electron chi connectivity index (χ1n) is 12.7. The number of carbonyl (C=O) groups is 2. The second kappa shape index (κ2) is 23.9. The minimum atomic E-state index is -1.63. The normalized spacial score (nSPS) is 12.0. The van der Waals surface area contributed by atoms with Gasteiger partial charge in [0.15, 0.2) is 5.78 Å². The van der Waals surface area contributed by atoms with Crippen molar-refractivity contribution in [3.05, 3.63) is 12.7 Å². The zero-order valence-corrected chi connectivity index (χ0v) is 20.8. The number of carboxylic acids is 1. The van der Waals surface area contributed by atoms with Crippen LogP contribution in [0.5, 0.6) is 0 Å². The summed E-state index contributed by atoms with van der Waals surface area (Å²) in [5.74, 6) is -1.39. The average molecular weight is 475 g/mol. The molecule has 7 heteroatoms. The molecule has 0 bridgehead atoms. The van der Waals surface area contributed by atoms with Crippen LogP contribution in [0.2, 0.25) is 0 Å². The number of aliphatic hydroxyl groups excluding tert-OH is 4. The zero-order chi connectivity index (χ0) is 25.4. The summed E-state index contributed by atoms with van der Waals surface area (Å²) in [6.45, 7) is 3.37. The van der Waals surface area contributed by atoms with Gasteiger partial charge in [-0.25, -0.2) is 0 Å². The lowest BCUT2D eigenvalue weighted by Gasteiger charge is -2.30. The van der Waals surface area contributed by atoms with E-state index in [-0.39, 0.29) is 0 Å². The molecule has 0 aromatic rings. The van der Waals surface area contributed by atoms with Gasteiger partial charge in [-0.05, 0) is 12.5 Å². The van der Waals surface area contributed by atoms with Crippen LogP contribution in [0.15, 0.2) is 12.7 Å². The van der Waals surface area contributed by atoms with Crippen molar-refractivity contribution in [1.82, 2.24) is 0 Å². The molecule has 0 radical (unpaired) electrons. The van der Waals surface area contributed by atoms with Crippen LogP contribution in [0.25, 0.3) is 0 Å². The lowest BCUT2D eigenvalue weighted by atomic mass is 9.82. The van der Waals surface area contributed by atoms with E-state index in [1.807, 2.05) is 0 Å². The van der Waals surface area contributed by atoms with E-state index in [4.69, 9.17) is 20.4 Å². The molecule has 1 unspecified atom stereocenters. The number of aliphatic carboxylic acids is 1. The minimum absolute atomic E-state index is 0.345. The third-order valence-corrected chi connectivity index (χ3v) is 5.99. The van der Waals surface area contributed by atoms with Gasteiger partial charge in [0.25, 0.3) is 0 Å². The van der Waals surface area contributed by atoms with Crippen molar-refractivity contribution < 1.29 is 35.1 Å². The fraction of sp³-hybridized carbons (Fsp3) is 0.846. The Bertz CT molecular complexity index is 467. The number of hydrogen-bond acceptors (Lipinski definition) is 6. The summed E-state index contributed by atoms with van der Waals surface area (Å²) in [4.78, 5) is 21.3. The molecule has 1 atom stereocenters. The van der Waals surface area contributed by atoms with E-state index in [0.29, 0.717) is 6.42 Å². The van der Waals surface area contributed by atoms with Gasteiger partial charge in [0, 0.05) is 6.42 Å². The molecule has 5 N–H and O–H groups in total. The molecule has 33 heavy (non-hydrogen) atoms. The van der Waals surface area contributed by atoms with E-state index in [0.717, 1.165) is 18.9 Å². The number of unbranched alkanes of at least 4 members (excludes halogenated alkanes) is 14. The van der Waals surface area contributed by atoms with Crippen molar-refractivity contribution in [2.75, 3.05) is 19.8 Å². The second-order valence-electron chi connectivity index (χ2n) is 8.94. The highest BCUT2D eigenvalue weighted by atomic mass is 16.4. The van der Waals surface area contributed by atoms with Crippen molar-refractivity contribution in [3.8, 4) is 0 Å².